The van der Waals surface area contributed by atoms with Gasteiger partial charge in [-0.25, -0.2) is 4.98 Å². The molecule has 1 aromatic heterocycles. The van der Waals surface area contributed by atoms with Gasteiger partial charge in [-0.2, -0.15) is 0 Å². The lowest BCUT2D eigenvalue weighted by Gasteiger charge is -2.17. The summed E-state index contributed by atoms with van der Waals surface area (Å²) in [5.74, 6) is 0.886. The molecule has 1 aromatic carbocycles. The summed E-state index contributed by atoms with van der Waals surface area (Å²) in [6.07, 6.45) is 4.89. The Morgan fingerprint density at radius 1 is 1.00 bits per heavy atom. The summed E-state index contributed by atoms with van der Waals surface area (Å²) in [5, 5.41) is 0.794. The number of nitrogens with zero attached hydrogens (tertiary/aromatic N) is 1. The van der Waals surface area contributed by atoms with Gasteiger partial charge in [0.1, 0.15) is 22.7 Å². The van der Waals surface area contributed by atoms with Crippen LogP contribution in [0.2, 0.25) is 10.3 Å². The lowest BCUT2D eigenvalue weighted by atomic mass is 9.92. The number of fused-ring (bicyclic) bond motifs is 1. The van der Waals surface area contributed by atoms with Gasteiger partial charge in [0.25, 0.3) is 0 Å². The highest BCUT2D eigenvalue weighted by molar-refractivity contribution is 6.32. The van der Waals surface area contributed by atoms with Crippen LogP contribution in [0.5, 0.6) is 5.75 Å². The molecule has 0 spiro atoms. The Morgan fingerprint density at radius 2 is 1.80 bits per heavy atom. The van der Waals surface area contributed by atoms with E-state index in [0.717, 1.165) is 17.7 Å². The molecule has 0 aliphatic heterocycles. The third-order valence-electron chi connectivity index (χ3n) is 3.61. The summed E-state index contributed by atoms with van der Waals surface area (Å²) in [6.45, 7) is 0.405. The van der Waals surface area contributed by atoms with E-state index >= 15 is 0 Å². The summed E-state index contributed by atoms with van der Waals surface area (Å²) >= 11 is 11.8. The van der Waals surface area contributed by atoms with Gasteiger partial charge >= 0.3 is 0 Å². The molecule has 0 fully saturated rings. The van der Waals surface area contributed by atoms with Gasteiger partial charge in [-0.1, -0.05) is 29.3 Å². The van der Waals surface area contributed by atoms with Gasteiger partial charge < -0.3 is 4.74 Å². The van der Waals surface area contributed by atoms with Crippen molar-refractivity contribution in [2.24, 2.45) is 0 Å². The number of ether oxygens (including phenoxy) is 1. The highest BCUT2D eigenvalue weighted by atomic mass is 35.5. The Hall–Kier alpha value is -1.25. The fraction of sp³-hybridized carbons (Fsp3) is 0.312. The summed E-state index contributed by atoms with van der Waals surface area (Å²) in [6, 6.07) is 9.91. The number of aryl methyl sites for hydroxylation is 2. The quantitative estimate of drug-likeness (QED) is 0.756. The van der Waals surface area contributed by atoms with Gasteiger partial charge in [-0.3, -0.25) is 0 Å². The first-order valence-electron chi connectivity index (χ1n) is 6.78. The maximum atomic E-state index is 6.04. The van der Waals surface area contributed by atoms with E-state index in [1.165, 1.54) is 30.4 Å². The number of rotatable bonds is 3. The van der Waals surface area contributed by atoms with E-state index in [2.05, 4.69) is 17.1 Å². The van der Waals surface area contributed by atoms with E-state index in [9.17, 15) is 0 Å². The maximum Gasteiger partial charge on any atom is 0.137 e. The third-order valence-corrected chi connectivity index (χ3v) is 4.14. The molecule has 0 atom stereocenters. The van der Waals surface area contributed by atoms with Crippen molar-refractivity contribution >= 4 is 23.2 Å². The first-order chi connectivity index (χ1) is 9.72. The molecule has 0 unspecified atom stereocenters. The number of hydrogen-bond acceptors (Lipinski definition) is 2. The fourth-order valence-corrected chi connectivity index (χ4v) is 2.91. The van der Waals surface area contributed by atoms with E-state index < -0.39 is 0 Å². The second-order valence-corrected chi connectivity index (χ2v) is 5.76. The Morgan fingerprint density at radius 3 is 2.60 bits per heavy atom. The normalized spacial score (nSPS) is 13.9. The van der Waals surface area contributed by atoms with Crippen LogP contribution in [-0.2, 0) is 19.4 Å². The molecule has 1 heterocycles. The maximum absolute atomic E-state index is 6.04. The van der Waals surface area contributed by atoms with Crippen LogP contribution in [0.1, 0.15) is 29.5 Å². The van der Waals surface area contributed by atoms with Crippen molar-refractivity contribution in [1.82, 2.24) is 4.98 Å². The second-order valence-electron chi connectivity index (χ2n) is 5.01. The molecule has 3 rings (SSSR count). The van der Waals surface area contributed by atoms with Crippen LogP contribution in [0.3, 0.4) is 0 Å². The zero-order valence-corrected chi connectivity index (χ0v) is 12.5. The highest BCUT2D eigenvalue weighted by Crippen LogP contribution is 2.26. The van der Waals surface area contributed by atoms with Crippen molar-refractivity contribution in [3.63, 3.8) is 0 Å². The zero-order chi connectivity index (χ0) is 13.9. The topological polar surface area (TPSA) is 22.1 Å². The van der Waals surface area contributed by atoms with Gasteiger partial charge in [0, 0.05) is 5.56 Å². The lowest BCUT2D eigenvalue weighted by Crippen LogP contribution is -2.03. The van der Waals surface area contributed by atoms with Crippen molar-refractivity contribution in [2.75, 3.05) is 0 Å². The molecule has 2 nitrogen and oxygen atoms in total. The highest BCUT2D eigenvalue weighted by Gasteiger charge is 2.10. The molecule has 0 amide bonds. The number of pyridine rings is 1. The minimum Gasteiger partial charge on any atom is -0.489 e. The average molecular weight is 308 g/mol. The molecule has 20 heavy (non-hydrogen) atoms. The molecule has 0 saturated carbocycles. The molecule has 0 radical (unpaired) electrons. The Balaban J connectivity index is 1.72. The van der Waals surface area contributed by atoms with Crippen molar-refractivity contribution in [2.45, 2.75) is 32.3 Å². The zero-order valence-electron chi connectivity index (χ0n) is 11.0. The number of halogens is 2. The molecule has 2 aromatic rings. The standard InChI is InChI=1S/C16H15Cl2NO/c17-15-8-6-13(16(18)19-15)10-20-14-7-5-11-3-1-2-4-12(11)9-14/h5-9H,1-4,10H2. The molecule has 104 valence electrons. The van der Waals surface area contributed by atoms with Crippen LogP contribution < -0.4 is 4.74 Å². The van der Waals surface area contributed by atoms with Crippen molar-refractivity contribution in [3.8, 4) is 5.75 Å². The monoisotopic (exact) mass is 307 g/mol. The van der Waals surface area contributed by atoms with Crippen molar-refractivity contribution < 1.29 is 4.74 Å². The van der Waals surface area contributed by atoms with E-state index in [-0.39, 0.29) is 0 Å². The Labute approximate surface area is 128 Å². The minimum atomic E-state index is 0.396. The van der Waals surface area contributed by atoms with Crippen LogP contribution in [0, 0.1) is 0 Å². The summed E-state index contributed by atoms with van der Waals surface area (Å²) < 4.78 is 5.81. The van der Waals surface area contributed by atoms with Gasteiger partial charge in [-0.05, 0) is 61.1 Å². The number of benzene rings is 1. The molecule has 1 aliphatic rings. The average Bonchev–Trinajstić information content (AvgIpc) is 2.46. The Bertz CT molecular complexity index is 628. The number of hydrogen-bond donors (Lipinski definition) is 0. The van der Waals surface area contributed by atoms with Crippen molar-refractivity contribution in [3.05, 3.63) is 57.3 Å². The van der Waals surface area contributed by atoms with Gasteiger partial charge in [0.05, 0.1) is 0 Å². The fourth-order valence-electron chi connectivity index (χ4n) is 2.51. The van der Waals surface area contributed by atoms with Crippen LogP contribution in [-0.4, -0.2) is 4.98 Å². The predicted octanol–water partition coefficient (Wildman–Crippen LogP) is 4.85. The largest absolute Gasteiger partial charge is 0.489 e. The van der Waals surface area contributed by atoms with E-state index in [4.69, 9.17) is 27.9 Å². The molecule has 0 bridgehead atoms. The van der Waals surface area contributed by atoms with E-state index in [0.29, 0.717) is 16.9 Å². The van der Waals surface area contributed by atoms with Crippen LogP contribution in [0.25, 0.3) is 0 Å². The van der Waals surface area contributed by atoms with E-state index in [1.54, 1.807) is 6.07 Å². The molecule has 1 aliphatic carbocycles. The summed E-state index contributed by atoms with van der Waals surface area (Å²) in [4.78, 5) is 4.01. The molecule has 0 N–H and O–H groups in total. The smallest absolute Gasteiger partial charge is 0.137 e. The minimum absolute atomic E-state index is 0.396. The second kappa shape index (κ2) is 6.02. The van der Waals surface area contributed by atoms with Crippen LogP contribution in [0.15, 0.2) is 30.3 Å². The molecule has 4 heteroatoms. The van der Waals surface area contributed by atoms with Gasteiger partial charge in [0.2, 0.25) is 0 Å². The van der Waals surface area contributed by atoms with Crippen LogP contribution >= 0.6 is 23.2 Å². The first kappa shape index (κ1) is 13.7. The van der Waals surface area contributed by atoms with Gasteiger partial charge in [0.15, 0.2) is 0 Å². The molecule has 0 saturated heterocycles. The molecular weight excluding hydrogens is 293 g/mol. The number of aromatic nitrogens is 1. The van der Waals surface area contributed by atoms with E-state index in [1.807, 2.05) is 12.1 Å². The summed E-state index contributed by atoms with van der Waals surface area (Å²) in [7, 11) is 0. The SMILES string of the molecule is Clc1ccc(COc2ccc3c(c2)CCCC3)c(Cl)n1. The Kier molecular flexibility index (Phi) is 4.13. The first-order valence-corrected chi connectivity index (χ1v) is 7.53. The van der Waals surface area contributed by atoms with Gasteiger partial charge in [-0.15, -0.1) is 0 Å². The summed E-state index contributed by atoms with van der Waals surface area (Å²) in [5.41, 5.74) is 3.71. The molecular formula is C16H15Cl2NO. The van der Waals surface area contributed by atoms with Crippen molar-refractivity contribution in [1.29, 1.82) is 0 Å². The third kappa shape index (κ3) is 3.08. The van der Waals surface area contributed by atoms with Crippen LogP contribution in [0.4, 0.5) is 0 Å². The lowest BCUT2D eigenvalue weighted by molar-refractivity contribution is 0.305. The predicted molar refractivity (Wildman–Crippen MR) is 81.7 cm³/mol.